The molecule has 0 radical (unpaired) electrons. The minimum Gasteiger partial charge on any atom is -0.496 e. The molecule has 3 rings (SSSR count). The smallest absolute Gasteiger partial charge is 0.280 e. The summed E-state index contributed by atoms with van der Waals surface area (Å²) in [7, 11) is 1.56. The average Bonchev–Trinajstić information content (AvgIpc) is 2.63. The van der Waals surface area contributed by atoms with Crippen LogP contribution in [0.4, 0.5) is 0 Å². The second-order valence-corrected chi connectivity index (χ2v) is 4.99. The van der Waals surface area contributed by atoms with Crippen LogP contribution in [0.5, 0.6) is 5.75 Å². The van der Waals surface area contributed by atoms with E-state index in [0.717, 1.165) is 10.2 Å². The van der Waals surface area contributed by atoms with Crippen LogP contribution >= 0.6 is 0 Å². The first-order valence-corrected chi connectivity index (χ1v) is 7.27. The SMILES string of the molecule is COc1ccccc1/C=C/C(=O)Nn1cnc2ccccc2c1=O. The Morgan fingerprint density at radius 3 is 2.75 bits per heavy atom. The molecule has 1 N–H and O–H groups in total. The lowest BCUT2D eigenvalue weighted by atomic mass is 10.2. The van der Waals surface area contributed by atoms with E-state index >= 15 is 0 Å². The number of methoxy groups -OCH3 is 1. The third kappa shape index (κ3) is 3.17. The molecule has 24 heavy (non-hydrogen) atoms. The summed E-state index contributed by atoms with van der Waals surface area (Å²) in [5.41, 5.74) is 3.50. The summed E-state index contributed by atoms with van der Waals surface area (Å²) in [6.07, 6.45) is 4.24. The first-order valence-electron chi connectivity index (χ1n) is 7.27. The van der Waals surface area contributed by atoms with Crippen LogP contribution in [0.1, 0.15) is 5.56 Å². The number of nitrogens with zero attached hydrogens (tertiary/aromatic N) is 2. The number of aromatic nitrogens is 2. The second-order valence-electron chi connectivity index (χ2n) is 4.99. The fourth-order valence-corrected chi connectivity index (χ4v) is 2.27. The zero-order chi connectivity index (χ0) is 16.9. The second kappa shape index (κ2) is 6.78. The Bertz CT molecular complexity index is 976. The van der Waals surface area contributed by atoms with Gasteiger partial charge in [0.25, 0.3) is 11.5 Å². The topological polar surface area (TPSA) is 73.2 Å². The molecule has 0 aliphatic heterocycles. The van der Waals surface area contributed by atoms with Crippen molar-refractivity contribution in [3.8, 4) is 5.75 Å². The molecule has 0 saturated heterocycles. The van der Waals surface area contributed by atoms with E-state index < -0.39 is 5.91 Å². The number of nitrogens with one attached hydrogen (secondary N) is 1. The van der Waals surface area contributed by atoms with Crippen molar-refractivity contribution >= 4 is 22.9 Å². The van der Waals surface area contributed by atoms with E-state index in [1.165, 1.54) is 12.4 Å². The Labute approximate surface area is 138 Å². The van der Waals surface area contributed by atoms with Crippen LogP contribution in [0, 0.1) is 0 Å². The summed E-state index contributed by atoms with van der Waals surface area (Å²) in [4.78, 5) is 28.5. The van der Waals surface area contributed by atoms with E-state index in [9.17, 15) is 9.59 Å². The Kier molecular flexibility index (Phi) is 4.38. The van der Waals surface area contributed by atoms with Crippen LogP contribution in [0.25, 0.3) is 17.0 Å². The summed E-state index contributed by atoms with van der Waals surface area (Å²) in [6.45, 7) is 0. The summed E-state index contributed by atoms with van der Waals surface area (Å²) in [6, 6.07) is 14.3. The van der Waals surface area contributed by atoms with E-state index in [-0.39, 0.29) is 5.56 Å². The molecule has 1 aromatic heterocycles. The zero-order valence-corrected chi connectivity index (χ0v) is 13.0. The van der Waals surface area contributed by atoms with Gasteiger partial charge in [-0.05, 0) is 24.3 Å². The molecule has 0 aliphatic rings. The quantitative estimate of drug-likeness (QED) is 0.748. The largest absolute Gasteiger partial charge is 0.496 e. The number of rotatable bonds is 4. The predicted molar refractivity (Wildman–Crippen MR) is 92.4 cm³/mol. The molecule has 2 aromatic carbocycles. The van der Waals surface area contributed by atoms with Crippen LogP contribution < -0.4 is 15.7 Å². The van der Waals surface area contributed by atoms with E-state index in [4.69, 9.17) is 4.74 Å². The van der Waals surface area contributed by atoms with Gasteiger partial charge in [-0.1, -0.05) is 30.3 Å². The third-order valence-corrected chi connectivity index (χ3v) is 3.45. The number of carbonyl (C=O) groups is 1. The Morgan fingerprint density at radius 1 is 1.17 bits per heavy atom. The molecule has 1 heterocycles. The number of hydrogen-bond acceptors (Lipinski definition) is 4. The predicted octanol–water partition coefficient (Wildman–Crippen LogP) is 2.19. The maximum Gasteiger partial charge on any atom is 0.280 e. The summed E-state index contributed by atoms with van der Waals surface area (Å²) in [5, 5.41) is 0.439. The molecule has 0 fully saturated rings. The zero-order valence-electron chi connectivity index (χ0n) is 13.0. The van der Waals surface area contributed by atoms with Crippen molar-refractivity contribution < 1.29 is 9.53 Å². The summed E-state index contributed by atoms with van der Waals surface area (Å²) < 4.78 is 6.28. The number of para-hydroxylation sites is 2. The molecule has 0 atom stereocenters. The Morgan fingerprint density at radius 2 is 1.92 bits per heavy atom. The fraction of sp³-hybridized carbons (Fsp3) is 0.0556. The van der Waals surface area contributed by atoms with Gasteiger partial charge in [0.05, 0.1) is 18.0 Å². The molecular formula is C18H15N3O3. The lowest BCUT2D eigenvalue weighted by Gasteiger charge is -2.06. The van der Waals surface area contributed by atoms with Crippen molar-refractivity contribution in [1.82, 2.24) is 9.66 Å². The van der Waals surface area contributed by atoms with Gasteiger partial charge in [0.1, 0.15) is 12.1 Å². The summed E-state index contributed by atoms with van der Waals surface area (Å²) in [5.74, 6) is 0.214. The molecule has 6 nitrogen and oxygen atoms in total. The van der Waals surface area contributed by atoms with Crippen LogP contribution in [0.15, 0.2) is 65.7 Å². The average molecular weight is 321 g/mol. The molecule has 0 aliphatic carbocycles. The van der Waals surface area contributed by atoms with Gasteiger partial charge in [-0.15, -0.1) is 0 Å². The van der Waals surface area contributed by atoms with Gasteiger partial charge in [0, 0.05) is 11.6 Å². The highest BCUT2D eigenvalue weighted by molar-refractivity contribution is 5.97. The van der Waals surface area contributed by atoms with Crippen LogP contribution in [-0.4, -0.2) is 22.7 Å². The first-order chi connectivity index (χ1) is 11.7. The van der Waals surface area contributed by atoms with Crippen molar-refractivity contribution in [1.29, 1.82) is 0 Å². The molecule has 0 unspecified atom stereocenters. The van der Waals surface area contributed by atoms with Crippen molar-refractivity contribution in [3.63, 3.8) is 0 Å². The highest BCUT2D eigenvalue weighted by Gasteiger charge is 2.05. The number of amides is 1. The van der Waals surface area contributed by atoms with Gasteiger partial charge in [-0.3, -0.25) is 15.0 Å². The van der Waals surface area contributed by atoms with Crippen molar-refractivity contribution in [2.45, 2.75) is 0 Å². The monoisotopic (exact) mass is 321 g/mol. The van der Waals surface area contributed by atoms with Crippen LogP contribution in [-0.2, 0) is 4.79 Å². The highest BCUT2D eigenvalue weighted by Crippen LogP contribution is 2.18. The number of hydrogen-bond donors (Lipinski definition) is 1. The Balaban J connectivity index is 1.81. The number of carbonyl (C=O) groups excluding carboxylic acids is 1. The van der Waals surface area contributed by atoms with Gasteiger partial charge in [-0.2, -0.15) is 0 Å². The maximum atomic E-state index is 12.3. The number of fused-ring (bicyclic) bond motifs is 1. The molecule has 0 bridgehead atoms. The van der Waals surface area contributed by atoms with E-state index in [1.807, 2.05) is 18.2 Å². The molecule has 120 valence electrons. The highest BCUT2D eigenvalue weighted by atomic mass is 16.5. The fourth-order valence-electron chi connectivity index (χ4n) is 2.27. The molecular weight excluding hydrogens is 306 g/mol. The standard InChI is InChI=1S/C18H15N3O3/c1-24-16-9-5-2-6-13(16)10-11-17(22)20-21-12-19-15-8-4-3-7-14(15)18(21)23/h2-12H,1H3,(H,20,22)/b11-10+. The number of benzene rings is 2. The first kappa shape index (κ1) is 15.5. The third-order valence-electron chi connectivity index (χ3n) is 3.45. The van der Waals surface area contributed by atoms with Gasteiger partial charge in [0.2, 0.25) is 0 Å². The lowest BCUT2D eigenvalue weighted by molar-refractivity contribution is -0.112. The van der Waals surface area contributed by atoms with E-state index in [0.29, 0.717) is 16.7 Å². The minimum atomic E-state index is -0.444. The van der Waals surface area contributed by atoms with E-state index in [1.54, 1.807) is 43.5 Å². The van der Waals surface area contributed by atoms with Crippen LogP contribution in [0.2, 0.25) is 0 Å². The van der Waals surface area contributed by atoms with Gasteiger partial charge in [-0.25, -0.2) is 9.66 Å². The van der Waals surface area contributed by atoms with Gasteiger partial charge in [0.15, 0.2) is 0 Å². The van der Waals surface area contributed by atoms with Crippen molar-refractivity contribution in [2.75, 3.05) is 12.5 Å². The van der Waals surface area contributed by atoms with Gasteiger partial charge < -0.3 is 4.74 Å². The van der Waals surface area contributed by atoms with Crippen LogP contribution in [0.3, 0.4) is 0 Å². The maximum absolute atomic E-state index is 12.3. The lowest BCUT2D eigenvalue weighted by Crippen LogP contribution is -2.32. The normalized spacial score (nSPS) is 10.9. The molecule has 6 heteroatoms. The molecule has 0 spiro atoms. The van der Waals surface area contributed by atoms with Crippen molar-refractivity contribution in [3.05, 3.63) is 76.9 Å². The van der Waals surface area contributed by atoms with E-state index in [2.05, 4.69) is 10.4 Å². The molecule has 1 amide bonds. The number of ether oxygens (including phenoxy) is 1. The Hall–Kier alpha value is -3.41. The minimum absolute atomic E-state index is 0.334. The van der Waals surface area contributed by atoms with Crippen molar-refractivity contribution in [2.24, 2.45) is 0 Å². The molecule has 0 saturated carbocycles. The molecule has 3 aromatic rings. The van der Waals surface area contributed by atoms with Gasteiger partial charge >= 0.3 is 0 Å². The summed E-state index contributed by atoms with van der Waals surface area (Å²) >= 11 is 0.